The average Bonchev–Trinajstić information content (AvgIpc) is 2.50. The molecule has 2 aromatic rings. The molecule has 3 rings (SSSR count). The lowest BCUT2D eigenvalue weighted by Crippen LogP contribution is -2.14. The van der Waals surface area contributed by atoms with Crippen molar-refractivity contribution in [3.05, 3.63) is 69.4 Å². The van der Waals surface area contributed by atoms with E-state index in [2.05, 4.69) is 34.1 Å². The number of halogens is 2. The molecule has 0 N–H and O–H groups in total. The summed E-state index contributed by atoms with van der Waals surface area (Å²) < 4.78 is 13.6. The van der Waals surface area contributed by atoms with Crippen molar-refractivity contribution >= 4 is 21.7 Å². The molecular weight excluding hydrogens is 331 g/mol. The first-order valence-corrected chi connectivity index (χ1v) is 8.00. The smallest absolute Gasteiger partial charge is 0.163 e. The van der Waals surface area contributed by atoms with E-state index in [0.29, 0.717) is 16.5 Å². The molecule has 21 heavy (non-hydrogen) atoms. The van der Waals surface area contributed by atoms with Crippen LogP contribution in [0.4, 0.5) is 4.39 Å². The number of fused-ring (bicyclic) bond motifs is 1. The van der Waals surface area contributed by atoms with Gasteiger partial charge in [0.2, 0.25) is 0 Å². The van der Waals surface area contributed by atoms with Crippen LogP contribution in [0.5, 0.6) is 0 Å². The van der Waals surface area contributed by atoms with Crippen molar-refractivity contribution in [1.82, 2.24) is 0 Å². The molecule has 0 radical (unpaired) electrons. The standard InChI is InChI=1S/C18H16BrFO/c19-16-10-14(8-9-17(16)20)18(21)11-13-6-3-5-12-4-1-2-7-15(12)13/h1-2,4,7-10,13H,3,5-6,11H2. The number of hydrogen-bond donors (Lipinski definition) is 0. The molecule has 1 nitrogen and oxygen atoms in total. The summed E-state index contributed by atoms with van der Waals surface area (Å²) in [4.78, 5) is 12.4. The van der Waals surface area contributed by atoms with Crippen LogP contribution in [0.2, 0.25) is 0 Å². The molecule has 0 saturated carbocycles. The van der Waals surface area contributed by atoms with Gasteiger partial charge in [0.15, 0.2) is 5.78 Å². The summed E-state index contributed by atoms with van der Waals surface area (Å²) in [6.45, 7) is 0. The number of benzene rings is 2. The largest absolute Gasteiger partial charge is 0.294 e. The maximum absolute atomic E-state index is 13.3. The fraction of sp³-hybridized carbons (Fsp3) is 0.278. The first-order chi connectivity index (χ1) is 10.1. The van der Waals surface area contributed by atoms with Crippen LogP contribution in [0.25, 0.3) is 0 Å². The third-order valence-corrected chi connectivity index (χ3v) is 4.77. The Bertz CT molecular complexity index is 681. The highest BCUT2D eigenvalue weighted by Gasteiger charge is 2.23. The van der Waals surface area contributed by atoms with Crippen molar-refractivity contribution in [2.24, 2.45) is 0 Å². The molecule has 0 amide bonds. The van der Waals surface area contributed by atoms with Crippen LogP contribution in [-0.2, 0) is 6.42 Å². The number of Topliss-reactive ketones (excluding diaryl/α,β-unsaturated/α-hetero) is 1. The Morgan fingerprint density at radius 3 is 2.86 bits per heavy atom. The van der Waals surface area contributed by atoms with E-state index < -0.39 is 0 Å². The van der Waals surface area contributed by atoms with Gasteiger partial charge < -0.3 is 0 Å². The minimum absolute atomic E-state index is 0.0809. The summed E-state index contributed by atoms with van der Waals surface area (Å²) in [5, 5.41) is 0. The van der Waals surface area contributed by atoms with Crippen molar-refractivity contribution in [2.75, 3.05) is 0 Å². The quantitative estimate of drug-likeness (QED) is 0.691. The van der Waals surface area contributed by atoms with Gasteiger partial charge in [0.05, 0.1) is 4.47 Å². The van der Waals surface area contributed by atoms with Gasteiger partial charge in [-0.1, -0.05) is 24.3 Å². The maximum atomic E-state index is 13.3. The van der Waals surface area contributed by atoms with Crippen LogP contribution >= 0.6 is 15.9 Å². The third-order valence-electron chi connectivity index (χ3n) is 4.17. The second kappa shape index (κ2) is 6.10. The summed E-state index contributed by atoms with van der Waals surface area (Å²) >= 11 is 3.14. The lowest BCUT2D eigenvalue weighted by molar-refractivity contribution is 0.0971. The summed E-state index contributed by atoms with van der Waals surface area (Å²) in [5.41, 5.74) is 3.24. The minimum atomic E-state index is -0.338. The molecule has 3 heteroatoms. The zero-order valence-electron chi connectivity index (χ0n) is 11.6. The van der Waals surface area contributed by atoms with Gasteiger partial charge in [-0.15, -0.1) is 0 Å². The van der Waals surface area contributed by atoms with E-state index in [0.717, 1.165) is 19.3 Å². The van der Waals surface area contributed by atoms with E-state index >= 15 is 0 Å². The van der Waals surface area contributed by atoms with Crippen LogP contribution in [0, 0.1) is 5.82 Å². The number of ketones is 1. The van der Waals surface area contributed by atoms with Crippen LogP contribution in [0.1, 0.15) is 46.7 Å². The van der Waals surface area contributed by atoms with Crippen molar-refractivity contribution < 1.29 is 9.18 Å². The number of hydrogen-bond acceptors (Lipinski definition) is 1. The SMILES string of the molecule is O=C(CC1CCCc2ccccc21)c1ccc(F)c(Br)c1. The van der Waals surface area contributed by atoms with E-state index in [1.807, 2.05) is 6.07 Å². The summed E-state index contributed by atoms with van der Waals surface area (Å²) in [5.74, 6) is 0.0262. The van der Waals surface area contributed by atoms with Crippen LogP contribution in [-0.4, -0.2) is 5.78 Å². The molecule has 0 bridgehead atoms. The molecule has 1 atom stereocenters. The predicted octanol–water partition coefficient (Wildman–Crippen LogP) is 5.28. The molecule has 0 spiro atoms. The number of carbonyl (C=O) groups is 1. The summed E-state index contributed by atoms with van der Waals surface area (Å²) in [6, 6.07) is 12.9. The number of aryl methyl sites for hydroxylation is 1. The first-order valence-electron chi connectivity index (χ1n) is 7.21. The van der Waals surface area contributed by atoms with Crippen LogP contribution in [0.15, 0.2) is 46.9 Å². The molecule has 0 aliphatic heterocycles. The van der Waals surface area contributed by atoms with Crippen LogP contribution in [0.3, 0.4) is 0 Å². The normalized spacial score (nSPS) is 17.3. The Morgan fingerprint density at radius 2 is 2.05 bits per heavy atom. The highest BCUT2D eigenvalue weighted by atomic mass is 79.9. The number of rotatable bonds is 3. The van der Waals surface area contributed by atoms with E-state index in [1.165, 1.54) is 17.2 Å². The summed E-state index contributed by atoms with van der Waals surface area (Å²) in [6.07, 6.45) is 3.77. The fourth-order valence-electron chi connectivity index (χ4n) is 3.08. The van der Waals surface area contributed by atoms with Gasteiger partial charge in [0.25, 0.3) is 0 Å². The Kier molecular flexibility index (Phi) is 4.20. The molecule has 0 fully saturated rings. The Balaban J connectivity index is 1.81. The molecule has 1 aliphatic rings. The molecule has 0 heterocycles. The van der Waals surface area contributed by atoms with Gasteiger partial charge in [-0.3, -0.25) is 4.79 Å². The van der Waals surface area contributed by atoms with Gasteiger partial charge in [-0.05, 0) is 70.4 Å². The molecule has 2 aromatic carbocycles. The van der Waals surface area contributed by atoms with Crippen molar-refractivity contribution in [1.29, 1.82) is 0 Å². The number of carbonyl (C=O) groups excluding carboxylic acids is 1. The predicted molar refractivity (Wildman–Crippen MR) is 85.2 cm³/mol. The van der Waals surface area contributed by atoms with Gasteiger partial charge in [0.1, 0.15) is 5.82 Å². The van der Waals surface area contributed by atoms with Crippen molar-refractivity contribution in [3.8, 4) is 0 Å². The van der Waals surface area contributed by atoms with E-state index in [9.17, 15) is 9.18 Å². The van der Waals surface area contributed by atoms with Crippen molar-refractivity contribution in [3.63, 3.8) is 0 Å². The second-order valence-corrected chi connectivity index (χ2v) is 6.40. The molecule has 1 unspecified atom stereocenters. The minimum Gasteiger partial charge on any atom is -0.294 e. The topological polar surface area (TPSA) is 17.1 Å². The Labute approximate surface area is 132 Å². The molecular formula is C18H16BrFO. The molecule has 108 valence electrons. The van der Waals surface area contributed by atoms with E-state index in [-0.39, 0.29) is 17.5 Å². The van der Waals surface area contributed by atoms with Gasteiger partial charge in [-0.2, -0.15) is 0 Å². The fourth-order valence-corrected chi connectivity index (χ4v) is 3.46. The zero-order chi connectivity index (χ0) is 14.8. The Hall–Kier alpha value is -1.48. The maximum Gasteiger partial charge on any atom is 0.163 e. The van der Waals surface area contributed by atoms with Gasteiger partial charge in [0, 0.05) is 12.0 Å². The third kappa shape index (κ3) is 3.08. The van der Waals surface area contributed by atoms with Crippen molar-refractivity contribution in [2.45, 2.75) is 31.6 Å². The van der Waals surface area contributed by atoms with Gasteiger partial charge >= 0.3 is 0 Å². The summed E-state index contributed by atoms with van der Waals surface area (Å²) in [7, 11) is 0. The monoisotopic (exact) mass is 346 g/mol. The second-order valence-electron chi connectivity index (χ2n) is 5.54. The lowest BCUT2D eigenvalue weighted by atomic mass is 9.79. The highest BCUT2D eigenvalue weighted by molar-refractivity contribution is 9.10. The van der Waals surface area contributed by atoms with E-state index in [4.69, 9.17) is 0 Å². The first kappa shape index (κ1) is 14.5. The van der Waals surface area contributed by atoms with Gasteiger partial charge in [-0.25, -0.2) is 4.39 Å². The average molecular weight is 347 g/mol. The highest BCUT2D eigenvalue weighted by Crippen LogP contribution is 2.34. The molecule has 1 aliphatic carbocycles. The lowest BCUT2D eigenvalue weighted by Gasteiger charge is -2.25. The molecule has 0 saturated heterocycles. The Morgan fingerprint density at radius 1 is 1.24 bits per heavy atom. The molecule has 0 aromatic heterocycles. The van der Waals surface area contributed by atoms with E-state index in [1.54, 1.807) is 12.1 Å². The van der Waals surface area contributed by atoms with Crippen LogP contribution < -0.4 is 0 Å². The zero-order valence-corrected chi connectivity index (χ0v) is 13.2.